The Labute approximate surface area is 85.8 Å². The molecule has 0 aliphatic rings. The molecule has 0 saturated heterocycles. The second kappa shape index (κ2) is 4.63. The maximum Gasteiger partial charge on any atom is 0.416 e. The Morgan fingerprint density at radius 1 is 1.40 bits per heavy atom. The highest BCUT2D eigenvalue weighted by atomic mass is 19.4. The van der Waals surface area contributed by atoms with Gasteiger partial charge in [-0.2, -0.15) is 13.2 Å². The lowest BCUT2D eigenvalue weighted by molar-refractivity contribution is -0.137. The first-order valence-corrected chi connectivity index (χ1v) is 4.37. The second-order valence-electron chi connectivity index (χ2n) is 3.19. The SMILES string of the molecule is COCC(N)c1cccc(C(F)(F)F)c1. The Bertz CT molecular complexity index is 325. The minimum atomic E-state index is -4.33. The molecule has 0 aliphatic carbocycles. The summed E-state index contributed by atoms with van der Waals surface area (Å²) in [6.07, 6.45) is -4.33. The molecule has 1 aromatic carbocycles. The van der Waals surface area contributed by atoms with Gasteiger partial charge in [0.15, 0.2) is 0 Å². The first-order valence-electron chi connectivity index (χ1n) is 4.37. The lowest BCUT2D eigenvalue weighted by Crippen LogP contribution is -2.17. The zero-order chi connectivity index (χ0) is 11.5. The molecule has 2 nitrogen and oxygen atoms in total. The van der Waals surface area contributed by atoms with Crippen LogP contribution >= 0.6 is 0 Å². The van der Waals surface area contributed by atoms with Crippen molar-refractivity contribution in [3.63, 3.8) is 0 Å². The fraction of sp³-hybridized carbons (Fsp3) is 0.400. The fourth-order valence-electron chi connectivity index (χ4n) is 1.22. The summed E-state index contributed by atoms with van der Waals surface area (Å²) < 4.78 is 41.8. The van der Waals surface area contributed by atoms with Crippen molar-refractivity contribution in [2.24, 2.45) is 5.73 Å². The highest BCUT2D eigenvalue weighted by molar-refractivity contribution is 5.27. The van der Waals surface area contributed by atoms with Crippen molar-refractivity contribution in [2.75, 3.05) is 13.7 Å². The highest BCUT2D eigenvalue weighted by Crippen LogP contribution is 2.30. The normalized spacial score (nSPS) is 13.9. The molecule has 1 aromatic rings. The van der Waals surface area contributed by atoms with Gasteiger partial charge in [0, 0.05) is 7.11 Å². The number of benzene rings is 1. The number of ether oxygens (including phenoxy) is 1. The van der Waals surface area contributed by atoms with Crippen molar-refractivity contribution in [1.29, 1.82) is 0 Å². The monoisotopic (exact) mass is 219 g/mol. The quantitative estimate of drug-likeness (QED) is 0.846. The van der Waals surface area contributed by atoms with Crippen LogP contribution in [0.25, 0.3) is 0 Å². The third-order valence-corrected chi connectivity index (χ3v) is 1.99. The summed E-state index contributed by atoms with van der Waals surface area (Å²) in [6, 6.07) is 4.43. The number of hydrogen-bond acceptors (Lipinski definition) is 2. The van der Waals surface area contributed by atoms with Crippen LogP contribution in [0.4, 0.5) is 13.2 Å². The highest BCUT2D eigenvalue weighted by Gasteiger charge is 2.30. The van der Waals surface area contributed by atoms with Gasteiger partial charge >= 0.3 is 6.18 Å². The van der Waals surface area contributed by atoms with E-state index in [0.29, 0.717) is 5.56 Å². The summed E-state index contributed by atoms with van der Waals surface area (Å²) in [5.74, 6) is 0. The van der Waals surface area contributed by atoms with Crippen molar-refractivity contribution >= 4 is 0 Å². The number of alkyl halides is 3. The van der Waals surface area contributed by atoms with Gasteiger partial charge in [-0.3, -0.25) is 0 Å². The van der Waals surface area contributed by atoms with Crippen molar-refractivity contribution in [2.45, 2.75) is 12.2 Å². The van der Waals surface area contributed by atoms with E-state index >= 15 is 0 Å². The third kappa shape index (κ3) is 3.21. The molecule has 84 valence electrons. The smallest absolute Gasteiger partial charge is 0.383 e. The maximum absolute atomic E-state index is 12.3. The van der Waals surface area contributed by atoms with Crippen molar-refractivity contribution in [1.82, 2.24) is 0 Å². The molecular formula is C10H12F3NO. The molecule has 1 rings (SSSR count). The number of halogens is 3. The van der Waals surface area contributed by atoms with E-state index in [4.69, 9.17) is 10.5 Å². The summed E-state index contributed by atoms with van der Waals surface area (Å²) in [5.41, 5.74) is 5.36. The summed E-state index contributed by atoms with van der Waals surface area (Å²) >= 11 is 0. The zero-order valence-electron chi connectivity index (χ0n) is 8.21. The number of hydrogen-bond donors (Lipinski definition) is 1. The van der Waals surface area contributed by atoms with Crippen LogP contribution in [0.15, 0.2) is 24.3 Å². The van der Waals surface area contributed by atoms with E-state index in [1.807, 2.05) is 0 Å². The molecule has 0 aliphatic heterocycles. The van der Waals surface area contributed by atoms with E-state index in [-0.39, 0.29) is 6.61 Å². The molecule has 1 unspecified atom stereocenters. The van der Waals surface area contributed by atoms with E-state index in [0.717, 1.165) is 12.1 Å². The van der Waals surface area contributed by atoms with Gasteiger partial charge in [0.05, 0.1) is 18.2 Å². The van der Waals surface area contributed by atoms with Crippen LogP contribution in [0.3, 0.4) is 0 Å². The van der Waals surface area contributed by atoms with E-state index in [1.165, 1.54) is 13.2 Å². The van der Waals surface area contributed by atoms with Gasteiger partial charge in [-0.05, 0) is 17.7 Å². The molecule has 5 heteroatoms. The molecule has 0 amide bonds. The number of rotatable bonds is 3. The Hall–Kier alpha value is -1.07. The van der Waals surface area contributed by atoms with Crippen molar-refractivity contribution in [3.8, 4) is 0 Å². The Morgan fingerprint density at radius 3 is 2.60 bits per heavy atom. The minimum Gasteiger partial charge on any atom is -0.383 e. The van der Waals surface area contributed by atoms with Gasteiger partial charge in [-0.15, -0.1) is 0 Å². The second-order valence-corrected chi connectivity index (χ2v) is 3.19. The lowest BCUT2D eigenvalue weighted by atomic mass is 10.1. The number of nitrogens with two attached hydrogens (primary N) is 1. The molecular weight excluding hydrogens is 207 g/mol. The predicted molar refractivity (Wildman–Crippen MR) is 50.2 cm³/mol. The van der Waals surface area contributed by atoms with Crippen LogP contribution in [0.2, 0.25) is 0 Å². The standard InChI is InChI=1S/C10H12F3NO/c1-15-6-9(14)7-3-2-4-8(5-7)10(11,12)13/h2-5,9H,6,14H2,1H3. The van der Waals surface area contributed by atoms with Crippen LogP contribution in [-0.4, -0.2) is 13.7 Å². The Kier molecular flexibility index (Phi) is 3.71. The molecule has 0 fully saturated rings. The first kappa shape index (κ1) is 12.0. The van der Waals surface area contributed by atoms with Gasteiger partial charge in [0.25, 0.3) is 0 Å². The lowest BCUT2D eigenvalue weighted by Gasteiger charge is -2.13. The van der Waals surface area contributed by atoms with Crippen molar-refractivity contribution in [3.05, 3.63) is 35.4 Å². The molecule has 15 heavy (non-hydrogen) atoms. The third-order valence-electron chi connectivity index (χ3n) is 1.99. The first-order chi connectivity index (χ1) is 6.95. The largest absolute Gasteiger partial charge is 0.416 e. The molecule has 0 bridgehead atoms. The van der Waals surface area contributed by atoms with Gasteiger partial charge in [-0.1, -0.05) is 12.1 Å². The summed E-state index contributed by atoms with van der Waals surface area (Å²) in [7, 11) is 1.45. The Morgan fingerprint density at radius 2 is 2.07 bits per heavy atom. The molecule has 2 N–H and O–H groups in total. The predicted octanol–water partition coefficient (Wildman–Crippen LogP) is 2.35. The summed E-state index contributed by atoms with van der Waals surface area (Å²) in [6.45, 7) is 0.196. The van der Waals surface area contributed by atoms with E-state index in [9.17, 15) is 13.2 Å². The molecule has 0 saturated carbocycles. The fourth-order valence-corrected chi connectivity index (χ4v) is 1.22. The molecule has 1 atom stereocenters. The van der Waals surface area contributed by atoms with E-state index in [1.54, 1.807) is 6.07 Å². The average molecular weight is 219 g/mol. The van der Waals surface area contributed by atoms with Crippen LogP contribution in [-0.2, 0) is 10.9 Å². The Balaban J connectivity index is 2.92. The maximum atomic E-state index is 12.3. The van der Waals surface area contributed by atoms with Crippen LogP contribution in [0.1, 0.15) is 17.2 Å². The molecule has 0 radical (unpaired) electrons. The van der Waals surface area contributed by atoms with E-state index < -0.39 is 17.8 Å². The van der Waals surface area contributed by atoms with Gasteiger partial charge in [0.2, 0.25) is 0 Å². The topological polar surface area (TPSA) is 35.2 Å². The summed E-state index contributed by atoms with van der Waals surface area (Å²) in [4.78, 5) is 0. The molecule has 0 heterocycles. The zero-order valence-corrected chi connectivity index (χ0v) is 8.21. The van der Waals surface area contributed by atoms with Gasteiger partial charge in [-0.25, -0.2) is 0 Å². The average Bonchev–Trinajstić information content (AvgIpc) is 2.17. The number of methoxy groups -OCH3 is 1. The van der Waals surface area contributed by atoms with Crippen molar-refractivity contribution < 1.29 is 17.9 Å². The summed E-state index contributed by atoms with van der Waals surface area (Å²) in [5, 5.41) is 0. The molecule has 0 aromatic heterocycles. The van der Waals surface area contributed by atoms with Crippen LogP contribution in [0, 0.1) is 0 Å². The van der Waals surface area contributed by atoms with Gasteiger partial charge in [0.1, 0.15) is 0 Å². The molecule has 0 spiro atoms. The van der Waals surface area contributed by atoms with E-state index in [2.05, 4.69) is 0 Å². The minimum absolute atomic E-state index is 0.196. The van der Waals surface area contributed by atoms with Crippen LogP contribution < -0.4 is 5.73 Å². The van der Waals surface area contributed by atoms with Gasteiger partial charge < -0.3 is 10.5 Å². The van der Waals surface area contributed by atoms with Crippen LogP contribution in [0.5, 0.6) is 0 Å².